The number of nitrogens with zero attached hydrogens (tertiary/aromatic N) is 1. The minimum atomic E-state index is -0.292. The highest BCUT2D eigenvalue weighted by atomic mass is 16.2. The molecule has 0 spiro atoms. The first-order valence-corrected chi connectivity index (χ1v) is 2.70. The first kappa shape index (κ1) is 7.92. The van der Waals surface area contributed by atoms with E-state index in [1.807, 2.05) is 6.92 Å². The summed E-state index contributed by atoms with van der Waals surface area (Å²) in [5, 5.41) is 8.00. The van der Waals surface area contributed by atoms with Crippen molar-refractivity contribution in [3.05, 3.63) is 0 Å². The lowest BCUT2D eigenvalue weighted by atomic mass is 10.5. The molecule has 0 aliphatic heterocycles. The SMILES string of the molecule is CCNNC(=O)CC#N. The van der Waals surface area contributed by atoms with E-state index in [0.717, 1.165) is 0 Å². The lowest BCUT2D eigenvalue weighted by molar-refractivity contribution is -0.121. The molecule has 0 atom stereocenters. The first-order valence-electron chi connectivity index (χ1n) is 2.70. The normalized spacial score (nSPS) is 8.00. The average molecular weight is 127 g/mol. The van der Waals surface area contributed by atoms with Crippen LogP contribution in [0.25, 0.3) is 0 Å². The third kappa shape index (κ3) is 4.78. The van der Waals surface area contributed by atoms with Crippen LogP contribution in [-0.4, -0.2) is 12.5 Å². The predicted molar refractivity (Wildman–Crippen MR) is 32.0 cm³/mol. The van der Waals surface area contributed by atoms with Gasteiger partial charge >= 0.3 is 0 Å². The van der Waals surface area contributed by atoms with Crippen LogP contribution in [0.4, 0.5) is 0 Å². The van der Waals surface area contributed by atoms with Crippen LogP contribution in [0.15, 0.2) is 0 Å². The molecule has 0 saturated carbocycles. The van der Waals surface area contributed by atoms with E-state index in [-0.39, 0.29) is 12.3 Å². The second-order valence-corrected chi connectivity index (χ2v) is 1.41. The van der Waals surface area contributed by atoms with Gasteiger partial charge in [0.05, 0.1) is 6.07 Å². The van der Waals surface area contributed by atoms with Crippen molar-refractivity contribution in [3.63, 3.8) is 0 Å². The summed E-state index contributed by atoms with van der Waals surface area (Å²) in [5.41, 5.74) is 4.90. The molecule has 2 N–H and O–H groups in total. The molecule has 0 aromatic carbocycles. The maximum Gasteiger partial charge on any atom is 0.248 e. The van der Waals surface area contributed by atoms with E-state index >= 15 is 0 Å². The van der Waals surface area contributed by atoms with Crippen molar-refractivity contribution < 1.29 is 4.79 Å². The Hall–Kier alpha value is -1.08. The molecule has 4 heteroatoms. The molecular formula is C5H9N3O. The molecule has 50 valence electrons. The Labute approximate surface area is 53.8 Å². The Bertz CT molecular complexity index is 127. The smallest absolute Gasteiger partial charge is 0.248 e. The molecular weight excluding hydrogens is 118 g/mol. The Kier molecular flexibility index (Phi) is 4.46. The number of amides is 1. The summed E-state index contributed by atoms with van der Waals surface area (Å²) in [6, 6.07) is 1.72. The molecule has 0 saturated heterocycles. The molecule has 4 nitrogen and oxygen atoms in total. The molecule has 0 aromatic rings. The summed E-state index contributed by atoms with van der Waals surface area (Å²) in [5.74, 6) is -0.292. The standard InChI is InChI=1S/C5H9N3O/c1-2-7-8-5(9)3-4-6/h7H,2-3H2,1H3,(H,8,9). The Morgan fingerprint density at radius 1 is 1.78 bits per heavy atom. The lowest BCUT2D eigenvalue weighted by Gasteiger charge is -1.99. The van der Waals surface area contributed by atoms with Crippen LogP contribution < -0.4 is 10.9 Å². The van der Waals surface area contributed by atoms with Gasteiger partial charge in [-0.05, 0) is 0 Å². The molecule has 0 rings (SSSR count). The van der Waals surface area contributed by atoms with E-state index in [1.165, 1.54) is 0 Å². The number of hydrogen-bond donors (Lipinski definition) is 2. The number of hydrazine groups is 1. The molecule has 0 aliphatic carbocycles. The van der Waals surface area contributed by atoms with Crippen LogP contribution in [0.5, 0.6) is 0 Å². The van der Waals surface area contributed by atoms with E-state index in [2.05, 4.69) is 10.9 Å². The second-order valence-electron chi connectivity index (χ2n) is 1.41. The molecule has 9 heavy (non-hydrogen) atoms. The van der Waals surface area contributed by atoms with Crippen molar-refractivity contribution in [3.8, 4) is 6.07 Å². The minimum absolute atomic E-state index is 0.0903. The number of rotatable bonds is 3. The number of hydrogen-bond acceptors (Lipinski definition) is 3. The van der Waals surface area contributed by atoms with Crippen LogP contribution in [0.1, 0.15) is 13.3 Å². The molecule has 0 unspecified atom stereocenters. The fraction of sp³-hybridized carbons (Fsp3) is 0.600. The molecule has 0 bridgehead atoms. The topological polar surface area (TPSA) is 64.9 Å². The molecule has 1 amide bonds. The first-order chi connectivity index (χ1) is 4.31. The highest BCUT2D eigenvalue weighted by molar-refractivity contribution is 5.77. The average Bonchev–Trinajstić information content (AvgIpc) is 1.85. The van der Waals surface area contributed by atoms with Crippen LogP contribution in [0, 0.1) is 11.3 Å². The summed E-state index contributed by atoms with van der Waals surface area (Å²) >= 11 is 0. The van der Waals surface area contributed by atoms with E-state index in [0.29, 0.717) is 6.54 Å². The van der Waals surface area contributed by atoms with Gasteiger partial charge in [0.15, 0.2) is 0 Å². The quantitative estimate of drug-likeness (QED) is 0.504. The van der Waals surface area contributed by atoms with Crippen molar-refractivity contribution in [1.82, 2.24) is 10.9 Å². The van der Waals surface area contributed by atoms with Crippen LogP contribution in [-0.2, 0) is 4.79 Å². The van der Waals surface area contributed by atoms with Crippen molar-refractivity contribution in [1.29, 1.82) is 5.26 Å². The number of carbonyl (C=O) groups is 1. The Balaban J connectivity index is 3.19. The van der Waals surface area contributed by atoms with Crippen LogP contribution in [0.2, 0.25) is 0 Å². The van der Waals surface area contributed by atoms with Gasteiger partial charge in [0.1, 0.15) is 6.42 Å². The van der Waals surface area contributed by atoms with Crippen molar-refractivity contribution >= 4 is 5.91 Å². The van der Waals surface area contributed by atoms with E-state index in [1.54, 1.807) is 6.07 Å². The molecule has 0 fully saturated rings. The zero-order valence-electron chi connectivity index (χ0n) is 5.27. The van der Waals surface area contributed by atoms with Gasteiger partial charge in [-0.25, -0.2) is 5.43 Å². The summed E-state index contributed by atoms with van der Waals surface area (Å²) < 4.78 is 0. The third-order valence-corrected chi connectivity index (χ3v) is 0.644. The Morgan fingerprint density at radius 2 is 2.44 bits per heavy atom. The fourth-order valence-electron chi connectivity index (χ4n) is 0.303. The highest BCUT2D eigenvalue weighted by Crippen LogP contribution is 1.70. The zero-order chi connectivity index (χ0) is 7.11. The summed E-state index contributed by atoms with van der Waals surface area (Å²) in [6.45, 7) is 2.52. The predicted octanol–water partition coefficient (Wildman–Crippen LogP) is -0.459. The van der Waals surface area contributed by atoms with Gasteiger partial charge in [0, 0.05) is 6.54 Å². The largest absolute Gasteiger partial charge is 0.291 e. The summed E-state index contributed by atoms with van der Waals surface area (Å²) in [6.07, 6.45) is -0.0903. The van der Waals surface area contributed by atoms with E-state index < -0.39 is 0 Å². The summed E-state index contributed by atoms with van der Waals surface area (Å²) in [4.78, 5) is 10.4. The highest BCUT2D eigenvalue weighted by Gasteiger charge is 1.94. The van der Waals surface area contributed by atoms with Gasteiger partial charge in [-0.3, -0.25) is 10.2 Å². The van der Waals surface area contributed by atoms with Crippen LogP contribution >= 0.6 is 0 Å². The molecule has 0 aromatic heterocycles. The molecule has 0 radical (unpaired) electrons. The Morgan fingerprint density at radius 3 is 2.89 bits per heavy atom. The monoisotopic (exact) mass is 127 g/mol. The minimum Gasteiger partial charge on any atom is -0.291 e. The van der Waals surface area contributed by atoms with Gasteiger partial charge in [0.25, 0.3) is 0 Å². The fourth-order valence-corrected chi connectivity index (χ4v) is 0.303. The third-order valence-electron chi connectivity index (χ3n) is 0.644. The van der Waals surface area contributed by atoms with Gasteiger partial charge in [0.2, 0.25) is 5.91 Å². The summed E-state index contributed by atoms with van der Waals surface area (Å²) in [7, 11) is 0. The maximum atomic E-state index is 10.4. The van der Waals surface area contributed by atoms with Gasteiger partial charge in [-0.1, -0.05) is 6.92 Å². The van der Waals surface area contributed by atoms with Crippen molar-refractivity contribution in [2.75, 3.05) is 6.54 Å². The van der Waals surface area contributed by atoms with E-state index in [4.69, 9.17) is 5.26 Å². The number of nitriles is 1. The van der Waals surface area contributed by atoms with Crippen LogP contribution in [0.3, 0.4) is 0 Å². The van der Waals surface area contributed by atoms with Crippen molar-refractivity contribution in [2.24, 2.45) is 0 Å². The van der Waals surface area contributed by atoms with Gasteiger partial charge < -0.3 is 0 Å². The van der Waals surface area contributed by atoms with Gasteiger partial charge in [-0.15, -0.1) is 0 Å². The maximum absolute atomic E-state index is 10.4. The number of carbonyl (C=O) groups excluding carboxylic acids is 1. The zero-order valence-corrected chi connectivity index (χ0v) is 5.27. The molecule has 0 aliphatic rings. The number of nitrogens with one attached hydrogen (secondary N) is 2. The van der Waals surface area contributed by atoms with Crippen molar-refractivity contribution in [2.45, 2.75) is 13.3 Å². The lowest BCUT2D eigenvalue weighted by Crippen LogP contribution is -2.36. The van der Waals surface area contributed by atoms with E-state index in [9.17, 15) is 4.79 Å². The second kappa shape index (κ2) is 5.06. The molecule has 0 heterocycles. The van der Waals surface area contributed by atoms with Gasteiger partial charge in [-0.2, -0.15) is 5.26 Å².